The van der Waals surface area contributed by atoms with Crippen molar-refractivity contribution < 1.29 is 4.42 Å². The van der Waals surface area contributed by atoms with E-state index in [1.54, 1.807) is 0 Å². The predicted molar refractivity (Wildman–Crippen MR) is 178 cm³/mol. The van der Waals surface area contributed by atoms with Gasteiger partial charge in [0.1, 0.15) is 16.8 Å². The van der Waals surface area contributed by atoms with Gasteiger partial charge >= 0.3 is 0 Å². The van der Waals surface area contributed by atoms with Crippen LogP contribution in [0.15, 0.2) is 150 Å². The molecule has 0 unspecified atom stereocenters. The van der Waals surface area contributed by atoms with Crippen molar-refractivity contribution in [2.75, 3.05) is 0 Å². The summed E-state index contributed by atoms with van der Waals surface area (Å²) in [5, 5.41) is 7.85. The highest BCUT2D eigenvalue weighted by molar-refractivity contribution is 6.30. The van der Waals surface area contributed by atoms with Crippen LogP contribution in [-0.4, -0.2) is 9.97 Å². The lowest BCUT2D eigenvalue weighted by Crippen LogP contribution is -1.95. The van der Waals surface area contributed by atoms with Crippen LogP contribution in [0.4, 0.5) is 0 Å². The Hall–Kier alpha value is -5.80. The average molecular weight is 549 g/mol. The molecule has 0 aliphatic heterocycles. The first kappa shape index (κ1) is 23.9. The molecule has 0 fully saturated rings. The molecule has 0 aliphatic carbocycles. The normalized spacial score (nSPS) is 11.7. The van der Waals surface area contributed by atoms with Crippen LogP contribution >= 0.6 is 0 Å². The molecule has 0 bridgehead atoms. The van der Waals surface area contributed by atoms with Gasteiger partial charge in [-0.25, -0.2) is 9.97 Å². The van der Waals surface area contributed by atoms with Crippen LogP contribution in [-0.2, 0) is 0 Å². The molecule has 0 N–H and O–H groups in total. The van der Waals surface area contributed by atoms with Gasteiger partial charge in [0, 0.05) is 16.5 Å². The van der Waals surface area contributed by atoms with E-state index < -0.39 is 0 Å². The largest absolute Gasteiger partial charge is 0.451 e. The van der Waals surface area contributed by atoms with E-state index in [0.717, 1.165) is 66.0 Å². The van der Waals surface area contributed by atoms with E-state index in [1.165, 1.54) is 10.8 Å². The molecule has 0 amide bonds. The second-order valence-electron chi connectivity index (χ2n) is 10.9. The van der Waals surface area contributed by atoms with Crippen molar-refractivity contribution in [3.05, 3.63) is 146 Å². The summed E-state index contributed by atoms with van der Waals surface area (Å²) in [4.78, 5) is 10.6. The van der Waals surface area contributed by atoms with Crippen molar-refractivity contribution >= 4 is 54.4 Å². The smallest absolute Gasteiger partial charge is 0.180 e. The highest BCUT2D eigenvalue weighted by Crippen LogP contribution is 2.43. The number of hydrogen-bond acceptors (Lipinski definition) is 3. The Labute approximate surface area is 247 Å². The van der Waals surface area contributed by atoms with Gasteiger partial charge in [-0.15, -0.1) is 0 Å². The lowest BCUT2D eigenvalue weighted by molar-refractivity contribution is 0.671. The SMILES string of the molecule is c1ccc(-c2cccc(-c3nc(-c4cccc5ccccc45)nc4c3oc3c5ccccc5c5ccccc5c43)c2)cc1. The standard InChI is InChI=1S/C40H24N2O/c1-2-12-25(13-3-1)27-16-10-17-28(24-27)36-39-37(42-40(41-36)34-23-11-15-26-14-4-5-18-29(26)34)35-32-21-8-6-19-30(32)31-20-7-9-22-33(31)38(35)43-39/h1-24H. The van der Waals surface area contributed by atoms with Crippen molar-refractivity contribution in [3.63, 3.8) is 0 Å². The summed E-state index contributed by atoms with van der Waals surface area (Å²) in [5.41, 5.74) is 7.43. The summed E-state index contributed by atoms with van der Waals surface area (Å²) in [6.07, 6.45) is 0. The van der Waals surface area contributed by atoms with Crippen LogP contribution in [0.25, 0.3) is 88.2 Å². The third-order valence-corrected chi connectivity index (χ3v) is 8.47. The minimum absolute atomic E-state index is 0.685. The fourth-order valence-electron chi connectivity index (χ4n) is 6.48. The molecule has 200 valence electrons. The summed E-state index contributed by atoms with van der Waals surface area (Å²) in [7, 11) is 0. The van der Waals surface area contributed by atoms with E-state index in [-0.39, 0.29) is 0 Å². The van der Waals surface area contributed by atoms with Gasteiger partial charge in [0.15, 0.2) is 11.4 Å². The molecule has 7 aromatic carbocycles. The van der Waals surface area contributed by atoms with Crippen LogP contribution in [0.2, 0.25) is 0 Å². The molecule has 0 saturated carbocycles. The number of fused-ring (bicyclic) bond motifs is 9. The molecule has 3 nitrogen and oxygen atoms in total. The summed E-state index contributed by atoms with van der Waals surface area (Å²) < 4.78 is 6.86. The molecule has 9 rings (SSSR count). The van der Waals surface area contributed by atoms with Crippen molar-refractivity contribution in [2.45, 2.75) is 0 Å². The number of furan rings is 1. The third-order valence-electron chi connectivity index (χ3n) is 8.47. The van der Waals surface area contributed by atoms with Gasteiger partial charge in [-0.3, -0.25) is 0 Å². The van der Waals surface area contributed by atoms with Gasteiger partial charge in [-0.1, -0.05) is 140 Å². The van der Waals surface area contributed by atoms with Gasteiger partial charge in [-0.2, -0.15) is 0 Å². The Morgan fingerprint density at radius 1 is 0.419 bits per heavy atom. The maximum absolute atomic E-state index is 6.86. The molecule has 0 saturated heterocycles. The van der Waals surface area contributed by atoms with Crippen molar-refractivity contribution in [1.29, 1.82) is 0 Å². The van der Waals surface area contributed by atoms with E-state index in [9.17, 15) is 0 Å². The van der Waals surface area contributed by atoms with Gasteiger partial charge in [0.2, 0.25) is 0 Å². The zero-order valence-corrected chi connectivity index (χ0v) is 23.2. The highest BCUT2D eigenvalue weighted by atomic mass is 16.3. The van der Waals surface area contributed by atoms with Crippen LogP contribution < -0.4 is 0 Å². The second-order valence-corrected chi connectivity index (χ2v) is 10.9. The van der Waals surface area contributed by atoms with E-state index in [0.29, 0.717) is 11.4 Å². The van der Waals surface area contributed by atoms with E-state index in [2.05, 4.69) is 140 Å². The van der Waals surface area contributed by atoms with Crippen LogP contribution in [0.1, 0.15) is 0 Å². The monoisotopic (exact) mass is 548 g/mol. The molecular formula is C40H24N2O. The van der Waals surface area contributed by atoms with Crippen molar-refractivity contribution in [3.8, 4) is 33.8 Å². The van der Waals surface area contributed by atoms with Gasteiger partial charge in [-0.05, 0) is 44.1 Å². The summed E-state index contributed by atoms with van der Waals surface area (Å²) >= 11 is 0. The first-order valence-corrected chi connectivity index (χ1v) is 14.5. The van der Waals surface area contributed by atoms with Crippen molar-refractivity contribution in [1.82, 2.24) is 9.97 Å². The van der Waals surface area contributed by atoms with Crippen LogP contribution in [0.5, 0.6) is 0 Å². The molecule has 0 aliphatic rings. The highest BCUT2D eigenvalue weighted by Gasteiger charge is 2.22. The summed E-state index contributed by atoms with van der Waals surface area (Å²) in [6.45, 7) is 0. The van der Waals surface area contributed by atoms with Gasteiger partial charge in [0.05, 0.1) is 5.39 Å². The molecule has 2 heterocycles. The third kappa shape index (κ3) is 3.68. The first-order chi connectivity index (χ1) is 21.3. The number of rotatable bonds is 3. The van der Waals surface area contributed by atoms with E-state index >= 15 is 0 Å². The second kappa shape index (κ2) is 9.37. The van der Waals surface area contributed by atoms with E-state index in [4.69, 9.17) is 14.4 Å². The fraction of sp³-hybridized carbons (Fsp3) is 0. The zero-order chi connectivity index (χ0) is 28.3. The number of hydrogen-bond donors (Lipinski definition) is 0. The molecule has 9 aromatic rings. The maximum Gasteiger partial charge on any atom is 0.180 e. The maximum atomic E-state index is 6.86. The minimum atomic E-state index is 0.685. The molecule has 0 radical (unpaired) electrons. The summed E-state index contributed by atoms with van der Waals surface area (Å²) in [5.74, 6) is 0.685. The number of benzene rings is 7. The van der Waals surface area contributed by atoms with E-state index in [1.807, 2.05) is 6.07 Å². The average Bonchev–Trinajstić information content (AvgIpc) is 3.48. The molecule has 3 heteroatoms. The quantitative estimate of drug-likeness (QED) is 0.206. The molecule has 0 atom stereocenters. The molecule has 0 spiro atoms. The Bertz CT molecular complexity index is 2500. The Morgan fingerprint density at radius 3 is 1.86 bits per heavy atom. The lowest BCUT2D eigenvalue weighted by Gasteiger charge is -2.10. The molecule has 43 heavy (non-hydrogen) atoms. The minimum Gasteiger partial charge on any atom is -0.451 e. The van der Waals surface area contributed by atoms with Crippen LogP contribution in [0, 0.1) is 0 Å². The molecular weight excluding hydrogens is 524 g/mol. The fourth-order valence-corrected chi connectivity index (χ4v) is 6.48. The molecule has 2 aromatic heterocycles. The Balaban J connectivity index is 1.44. The zero-order valence-electron chi connectivity index (χ0n) is 23.2. The van der Waals surface area contributed by atoms with Crippen molar-refractivity contribution in [2.24, 2.45) is 0 Å². The van der Waals surface area contributed by atoms with Gasteiger partial charge < -0.3 is 4.42 Å². The topological polar surface area (TPSA) is 38.9 Å². The Morgan fingerprint density at radius 2 is 1.02 bits per heavy atom. The number of nitrogens with zero attached hydrogens (tertiary/aromatic N) is 2. The van der Waals surface area contributed by atoms with Gasteiger partial charge in [0.25, 0.3) is 0 Å². The van der Waals surface area contributed by atoms with Crippen LogP contribution in [0.3, 0.4) is 0 Å². The first-order valence-electron chi connectivity index (χ1n) is 14.5. The predicted octanol–water partition coefficient (Wildman–Crippen LogP) is 10.8. The number of aromatic nitrogens is 2. The Kier molecular flexibility index (Phi) is 5.20. The lowest BCUT2D eigenvalue weighted by atomic mass is 9.97. The summed E-state index contributed by atoms with van der Waals surface area (Å²) in [6, 6.07) is 50.8.